The van der Waals surface area contributed by atoms with E-state index in [2.05, 4.69) is 10.3 Å². The normalized spacial score (nSPS) is 12.2. The SMILES string of the molecule is O=C(C=Cc1ccccc1)NCC(O)c1cccc(=O)[nH]1. The minimum atomic E-state index is -0.951. The molecular weight excluding hydrogens is 268 g/mol. The summed E-state index contributed by atoms with van der Waals surface area (Å²) in [5.74, 6) is -0.309. The maximum atomic E-state index is 11.6. The molecule has 2 rings (SSSR count). The summed E-state index contributed by atoms with van der Waals surface area (Å²) < 4.78 is 0. The number of aliphatic hydroxyl groups is 1. The van der Waals surface area contributed by atoms with E-state index in [1.54, 1.807) is 18.2 Å². The fourth-order valence-electron chi connectivity index (χ4n) is 1.76. The molecule has 0 aliphatic rings. The highest BCUT2D eigenvalue weighted by Crippen LogP contribution is 2.06. The lowest BCUT2D eigenvalue weighted by Crippen LogP contribution is -2.27. The summed E-state index contributed by atoms with van der Waals surface area (Å²) in [5, 5.41) is 12.4. The molecule has 5 nitrogen and oxygen atoms in total. The van der Waals surface area contributed by atoms with Crippen molar-refractivity contribution in [3.63, 3.8) is 0 Å². The van der Waals surface area contributed by atoms with Crippen LogP contribution in [0.5, 0.6) is 0 Å². The van der Waals surface area contributed by atoms with Crippen LogP contribution in [0.1, 0.15) is 17.4 Å². The van der Waals surface area contributed by atoms with Gasteiger partial charge in [0.15, 0.2) is 0 Å². The fourth-order valence-corrected chi connectivity index (χ4v) is 1.76. The van der Waals surface area contributed by atoms with Gasteiger partial charge in [0.25, 0.3) is 0 Å². The van der Waals surface area contributed by atoms with Gasteiger partial charge in [-0.05, 0) is 17.7 Å². The van der Waals surface area contributed by atoms with Crippen molar-refractivity contribution in [1.29, 1.82) is 0 Å². The summed E-state index contributed by atoms with van der Waals surface area (Å²) >= 11 is 0. The third-order valence-corrected chi connectivity index (χ3v) is 2.85. The van der Waals surface area contributed by atoms with Gasteiger partial charge in [0.05, 0.1) is 0 Å². The van der Waals surface area contributed by atoms with Gasteiger partial charge in [0.1, 0.15) is 6.10 Å². The molecule has 0 saturated heterocycles. The number of amides is 1. The Morgan fingerprint density at radius 1 is 1.19 bits per heavy atom. The van der Waals surface area contributed by atoms with E-state index in [0.717, 1.165) is 5.56 Å². The average Bonchev–Trinajstić information content (AvgIpc) is 2.51. The molecule has 108 valence electrons. The van der Waals surface area contributed by atoms with E-state index in [1.807, 2.05) is 30.3 Å². The van der Waals surface area contributed by atoms with Crippen LogP contribution in [0.15, 0.2) is 59.4 Å². The molecule has 0 fully saturated rings. The summed E-state index contributed by atoms with van der Waals surface area (Å²) in [7, 11) is 0. The van der Waals surface area contributed by atoms with E-state index in [1.165, 1.54) is 12.1 Å². The van der Waals surface area contributed by atoms with Crippen LogP contribution < -0.4 is 10.9 Å². The fraction of sp³-hybridized carbons (Fsp3) is 0.125. The minimum Gasteiger partial charge on any atom is -0.385 e. The molecule has 1 atom stereocenters. The van der Waals surface area contributed by atoms with Crippen LogP contribution in [0, 0.1) is 0 Å². The van der Waals surface area contributed by atoms with Crippen molar-refractivity contribution in [3.05, 3.63) is 76.2 Å². The summed E-state index contributed by atoms with van der Waals surface area (Å²) in [6.45, 7) is 0.0257. The highest BCUT2D eigenvalue weighted by atomic mass is 16.3. The Balaban J connectivity index is 1.86. The molecule has 0 spiro atoms. The van der Waals surface area contributed by atoms with Crippen LogP contribution in [0.4, 0.5) is 0 Å². The number of rotatable bonds is 5. The van der Waals surface area contributed by atoms with Gasteiger partial charge in [-0.15, -0.1) is 0 Å². The molecule has 1 amide bonds. The first kappa shape index (κ1) is 14.7. The van der Waals surface area contributed by atoms with Crippen molar-refractivity contribution in [1.82, 2.24) is 10.3 Å². The lowest BCUT2D eigenvalue weighted by atomic mass is 10.2. The van der Waals surface area contributed by atoms with Crippen molar-refractivity contribution in [2.24, 2.45) is 0 Å². The van der Waals surface area contributed by atoms with Crippen molar-refractivity contribution < 1.29 is 9.90 Å². The summed E-state index contributed by atoms with van der Waals surface area (Å²) in [5.41, 5.74) is 0.997. The Labute approximate surface area is 122 Å². The second kappa shape index (κ2) is 7.21. The number of benzene rings is 1. The molecule has 1 aromatic carbocycles. The zero-order valence-electron chi connectivity index (χ0n) is 11.3. The van der Waals surface area contributed by atoms with Gasteiger partial charge in [-0.3, -0.25) is 9.59 Å². The largest absolute Gasteiger partial charge is 0.385 e. The predicted molar refractivity (Wildman–Crippen MR) is 80.5 cm³/mol. The van der Waals surface area contributed by atoms with E-state index >= 15 is 0 Å². The summed E-state index contributed by atoms with van der Waals surface area (Å²) in [6.07, 6.45) is 2.13. The molecule has 0 aliphatic carbocycles. The van der Waals surface area contributed by atoms with Crippen LogP contribution in [0.25, 0.3) is 6.08 Å². The maximum absolute atomic E-state index is 11.6. The number of H-pyrrole nitrogens is 1. The van der Waals surface area contributed by atoms with Crippen LogP contribution in [-0.2, 0) is 4.79 Å². The topological polar surface area (TPSA) is 82.2 Å². The van der Waals surface area contributed by atoms with Crippen molar-refractivity contribution >= 4 is 12.0 Å². The van der Waals surface area contributed by atoms with Crippen molar-refractivity contribution in [2.75, 3.05) is 6.54 Å². The first-order chi connectivity index (χ1) is 10.1. The molecule has 21 heavy (non-hydrogen) atoms. The van der Waals surface area contributed by atoms with Crippen LogP contribution >= 0.6 is 0 Å². The van der Waals surface area contributed by atoms with Gasteiger partial charge in [0, 0.05) is 24.4 Å². The monoisotopic (exact) mass is 284 g/mol. The Morgan fingerprint density at radius 2 is 1.95 bits per heavy atom. The molecule has 0 aliphatic heterocycles. The Hall–Kier alpha value is -2.66. The van der Waals surface area contributed by atoms with E-state index < -0.39 is 6.10 Å². The Bertz CT molecular complexity index is 677. The van der Waals surface area contributed by atoms with E-state index in [-0.39, 0.29) is 18.0 Å². The number of hydrogen-bond donors (Lipinski definition) is 3. The molecule has 0 saturated carbocycles. The van der Waals surface area contributed by atoms with Gasteiger partial charge in [-0.25, -0.2) is 0 Å². The van der Waals surface area contributed by atoms with Gasteiger partial charge in [-0.1, -0.05) is 36.4 Å². The van der Waals surface area contributed by atoms with Gasteiger partial charge >= 0.3 is 0 Å². The standard InChI is InChI=1S/C16H16N2O3/c19-14(13-7-4-8-16(21)18-13)11-17-15(20)10-9-12-5-2-1-3-6-12/h1-10,14,19H,11H2,(H,17,20)(H,18,21). The Kier molecular flexibility index (Phi) is 5.06. The third kappa shape index (κ3) is 4.74. The first-order valence-electron chi connectivity index (χ1n) is 6.53. The highest BCUT2D eigenvalue weighted by Gasteiger charge is 2.08. The lowest BCUT2D eigenvalue weighted by Gasteiger charge is -2.10. The number of aliphatic hydroxyl groups excluding tert-OH is 1. The second-order valence-corrected chi connectivity index (χ2v) is 4.48. The minimum absolute atomic E-state index is 0.0257. The van der Waals surface area contributed by atoms with Gasteiger partial charge in [-0.2, -0.15) is 0 Å². The number of carbonyl (C=O) groups is 1. The van der Waals surface area contributed by atoms with Crippen LogP contribution in [-0.4, -0.2) is 22.5 Å². The lowest BCUT2D eigenvalue weighted by molar-refractivity contribution is -0.116. The zero-order valence-corrected chi connectivity index (χ0v) is 11.3. The summed E-state index contributed by atoms with van der Waals surface area (Å²) in [6, 6.07) is 13.9. The Morgan fingerprint density at radius 3 is 2.67 bits per heavy atom. The molecule has 1 heterocycles. The van der Waals surface area contributed by atoms with Crippen molar-refractivity contribution in [3.8, 4) is 0 Å². The molecule has 0 radical (unpaired) electrons. The van der Waals surface area contributed by atoms with Crippen LogP contribution in [0.2, 0.25) is 0 Å². The number of pyridine rings is 1. The number of carbonyl (C=O) groups excluding carboxylic acids is 1. The van der Waals surface area contributed by atoms with Crippen LogP contribution in [0.3, 0.4) is 0 Å². The summed E-state index contributed by atoms with van der Waals surface area (Å²) in [4.78, 5) is 25.3. The number of aromatic nitrogens is 1. The molecule has 0 bridgehead atoms. The van der Waals surface area contributed by atoms with E-state index in [9.17, 15) is 14.7 Å². The zero-order chi connectivity index (χ0) is 15.1. The number of aromatic amines is 1. The maximum Gasteiger partial charge on any atom is 0.248 e. The second-order valence-electron chi connectivity index (χ2n) is 4.48. The molecule has 1 aromatic heterocycles. The van der Waals surface area contributed by atoms with Crippen molar-refractivity contribution in [2.45, 2.75) is 6.10 Å². The molecule has 2 aromatic rings. The van der Waals surface area contributed by atoms with Gasteiger partial charge < -0.3 is 15.4 Å². The molecule has 1 unspecified atom stereocenters. The smallest absolute Gasteiger partial charge is 0.248 e. The first-order valence-corrected chi connectivity index (χ1v) is 6.53. The predicted octanol–water partition coefficient (Wildman–Crippen LogP) is 1.24. The van der Waals surface area contributed by atoms with E-state index in [4.69, 9.17) is 0 Å². The molecule has 5 heteroatoms. The van der Waals surface area contributed by atoms with Gasteiger partial charge in [0.2, 0.25) is 11.5 Å². The number of nitrogens with one attached hydrogen (secondary N) is 2. The average molecular weight is 284 g/mol. The van der Waals surface area contributed by atoms with E-state index in [0.29, 0.717) is 5.69 Å². The highest BCUT2D eigenvalue weighted by molar-refractivity contribution is 5.91. The third-order valence-electron chi connectivity index (χ3n) is 2.85. The molecule has 3 N–H and O–H groups in total. The number of hydrogen-bond acceptors (Lipinski definition) is 3. The molecular formula is C16H16N2O3. The quantitative estimate of drug-likeness (QED) is 0.722.